The lowest BCUT2D eigenvalue weighted by molar-refractivity contribution is -0.118. The third kappa shape index (κ3) is 2.53. The predicted molar refractivity (Wildman–Crippen MR) is 48.6 cm³/mol. The fraction of sp³-hybridized carbons (Fsp3) is 0.143. The van der Waals surface area contributed by atoms with Crippen LogP contribution >= 0.6 is 11.3 Å². The summed E-state index contributed by atoms with van der Waals surface area (Å²) in [6.07, 6.45) is 0. The van der Waals surface area contributed by atoms with Gasteiger partial charge in [0.05, 0.1) is 9.88 Å². The highest BCUT2D eigenvalue weighted by Crippen LogP contribution is 2.20. The number of nitrogens with two attached hydrogens (primary N) is 1. The van der Waals surface area contributed by atoms with Crippen LogP contribution in [-0.4, -0.2) is 23.5 Å². The van der Waals surface area contributed by atoms with Crippen LogP contribution in [0.4, 0.5) is 5.00 Å². The van der Waals surface area contributed by atoms with Gasteiger partial charge in [0.1, 0.15) is 6.61 Å². The number of carbonyl (C=O) groups excluding carboxylic acids is 2. The Morgan fingerprint density at radius 2 is 2.23 bits per heavy atom. The first kappa shape index (κ1) is 9.69. The first-order chi connectivity index (χ1) is 6.13. The van der Waals surface area contributed by atoms with Crippen LogP contribution in [0.3, 0.4) is 0 Å². The summed E-state index contributed by atoms with van der Waals surface area (Å²) < 4.78 is 0. The van der Waals surface area contributed by atoms with Crippen molar-refractivity contribution in [3.05, 3.63) is 17.0 Å². The van der Waals surface area contributed by atoms with E-state index in [4.69, 9.17) is 10.8 Å². The van der Waals surface area contributed by atoms with Gasteiger partial charge in [0.2, 0.25) is 0 Å². The molecule has 0 aromatic carbocycles. The number of anilines is 1. The van der Waals surface area contributed by atoms with Gasteiger partial charge in [-0.25, -0.2) is 0 Å². The lowest BCUT2D eigenvalue weighted by atomic mass is 10.4. The monoisotopic (exact) mass is 200 g/mol. The number of aliphatic hydroxyl groups excluding tert-OH is 1. The molecule has 0 fully saturated rings. The van der Waals surface area contributed by atoms with Gasteiger partial charge in [-0.05, 0) is 12.1 Å². The molecule has 6 heteroatoms. The highest BCUT2D eigenvalue weighted by atomic mass is 32.1. The smallest absolute Gasteiger partial charge is 0.258 e. The molecule has 0 aliphatic carbocycles. The molecule has 0 unspecified atom stereocenters. The van der Waals surface area contributed by atoms with E-state index in [1.54, 1.807) is 6.07 Å². The summed E-state index contributed by atoms with van der Waals surface area (Å²) in [5, 5.41) is 11.3. The van der Waals surface area contributed by atoms with Gasteiger partial charge in [0.25, 0.3) is 11.8 Å². The van der Waals surface area contributed by atoms with E-state index in [-0.39, 0.29) is 0 Å². The van der Waals surface area contributed by atoms with Crippen molar-refractivity contribution in [3.63, 3.8) is 0 Å². The van der Waals surface area contributed by atoms with Crippen molar-refractivity contribution < 1.29 is 14.7 Å². The van der Waals surface area contributed by atoms with Crippen LogP contribution in [0.2, 0.25) is 0 Å². The Morgan fingerprint density at radius 1 is 1.54 bits per heavy atom. The predicted octanol–water partition coefficient (Wildman–Crippen LogP) is -0.222. The lowest BCUT2D eigenvalue weighted by Gasteiger charge is -1.96. The van der Waals surface area contributed by atoms with Crippen molar-refractivity contribution >= 4 is 28.2 Å². The van der Waals surface area contributed by atoms with Crippen LogP contribution in [0.5, 0.6) is 0 Å². The second kappa shape index (κ2) is 4.01. The van der Waals surface area contributed by atoms with Gasteiger partial charge in [-0.1, -0.05) is 0 Å². The van der Waals surface area contributed by atoms with Gasteiger partial charge >= 0.3 is 0 Å². The Labute approximate surface area is 78.2 Å². The fourth-order valence-electron chi connectivity index (χ4n) is 0.714. The number of nitrogens with one attached hydrogen (secondary N) is 1. The zero-order chi connectivity index (χ0) is 9.84. The Bertz CT molecular complexity index is 334. The maximum absolute atomic E-state index is 10.7. The molecule has 1 rings (SSSR count). The molecule has 0 aliphatic heterocycles. The Hall–Kier alpha value is -1.40. The molecule has 0 bridgehead atoms. The Morgan fingerprint density at radius 3 is 2.69 bits per heavy atom. The molecule has 0 saturated carbocycles. The number of thiophene rings is 1. The SMILES string of the molecule is NC(=O)c1ccc(NC(=O)CO)s1. The quantitative estimate of drug-likeness (QED) is 0.629. The number of rotatable bonds is 3. The average molecular weight is 200 g/mol. The highest BCUT2D eigenvalue weighted by Gasteiger charge is 2.06. The number of carbonyl (C=O) groups is 2. The molecule has 0 radical (unpaired) electrons. The van der Waals surface area contributed by atoms with Gasteiger partial charge in [-0.2, -0.15) is 0 Å². The first-order valence-electron chi connectivity index (χ1n) is 3.44. The van der Waals surface area contributed by atoms with Crippen LogP contribution in [0.15, 0.2) is 12.1 Å². The molecule has 70 valence electrons. The summed E-state index contributed by atoms with van der Waals surface area (Å²) in [4.78, 5) is 21.7. The number of hydrogen-bond donors (Lipinski definition) is 3. The largest absolute Gasteiger partial charge is 0.387 e. The maximum atomic E-state index is 10.7. The summed E-state index contributed by atoms with van der Waals surface area (Å²) in [5.74, 6) is -1.05. The summed E-state index contributed by atoms with van der Waals surface area (Å²) in [6, 6.07) is 3.07. The second-order valence-electron chi connectivity index (χ2n) is 2.23. The van der Waals surface area contributed by atoms with Gasteiger partial charge in [-0.15, -0.1) is 11.3 Å². The van der Waals surface area contributed by atoms with E-state index < -0.39 is 18.4 Å². The topological polar surface area (TPSA) is 92.4 Å². The molecular formula is C7H8N2O3S. The minimum atomic E-state index is -0.580. The normalized spacial score (nSPS) is 9.62. The zero-order valence-corrected chi connectivity index (χ0v) is 7.43. The molecule has 0 saturated heterocycles. The number of hydrogen-bond acceptors (Lipinski definition) is 4. The molecule has 1 aromatic rings. The van der Waals surface area contributed by atoms with Crippen molar-refractivity contribution in [2.24, 2.45) is 5.73 Å². The molecule has 0 spiro atoms. The molecule has 2 amide bonds. The van der Waals surface area contributed by atoms with E-state index in [1.165, 1.54) is 6.07 Å². The van der Waals surface area contributed by atoms with Crippen molar-refractivity contribution in [3.8, 4) is 0 Å². The second-order valence-corrected chi connectivity index (χ2v) is 3.32. The van der Waals surface area contributed by atoms with Crippen LogP contribution in [-0.2, 0) is 4.79 Å². The molecule has 0 aliphatic rings. The van der Waals surface area contributed by atoms with Crippen LogP contribution in [0, 0.1) is 0 Å². The van der Waals surface area contributed by atoms with Gasteiger partial charge < -0.3 is 16.2 Å². The van der Waals surface area contributed by atoms with Crippen molar-refractivity contribution in [2.45, 2.75) is 0 Å². The van der Waals surface area contributed by atoms with E-state index in [2.05, 4.69) is 5.32 Å². The van der Waals surface area contributed by atoms with Crippen LogP contribution in [0.25, 0.3) is 0 Å². The standard InChI is InChI=1S/C7H8N2O3S/c8-7(12)4-1-2-6(13-4)9-5(11)3-10/h1-2,10H,3H2,(H2,8,12)(H,9,11). The number of amides is 2. The third-order valence-corrected chi connectivity index (χ3v) is 2.27. The van der Waals surface area contributed by atoms with E-state index in [0.717, 1.165) is 11.3 Å². The van der Waals surface area contributed by atoms with Crippen molar-refractivity contribution in [1.29, 1.82) is 0 Å². The van der Waals surface area contributed by atoms with Gasteiger partial charge in [0.15, 0.2) is 0 Å². The molecule has 5 nitrogen and oxygen atoms in total. The van der Waals surface area contributed by atoms with E-state index in [9.17, 15) is 9.59 Å². The Kier molecular flexibility index (Phi) is 2.99. The van der Waals surface area contributed by atoms with Crippen molar-refractivity contribution in [2.75, 3.05) is 11.9 Å². The van der Waals surface area contributed by atoms with E-state index >= 15 is 0 Å². The van der Waals surface area contributed by atoms with Gasteiger partial charge in [0, 0.05) is 0 Å². The van der Waals surface area contributed by atoms with Crippen molar-refractivity contribution in [1.82, 2.24) is 0 Å². The molecule has 4 N–H and O–H groups in total. The fourth-order valence-corrected chi connectivity index (χ4v) is 1.49. The summed E-state index contributed by atoms with van der Waals surface area (Å²) in [7, 11) is 0. The van der Waals surface area contributed by atoms with Crippen LogP contribution in [0.1, 0.15) is 9.67 Å². The maximum Gasteiger partial charge on any atom is 0.258 e. The lowest BCUT2D eigenvalue weighted by Crippen LogP contribution is -2.14. The van der Waals surface area contributed by atoms with Gasteiger partial charge in [-0.3, -0.25) is 9.59 Å². The molecular weight excluding hydrogens is 192 g/mol. The Balaban J connectivity index is 2.69. The zero-order valence-electron chi connectivity index (χ0n) is 6.61. The minimum Gasteiger partial charge on any atom is -0.387 e. The average Bonchev–Trinajstić information content (AvgIpc) is 2.52. The highest BCUT2D eigenvalue weighted by molar-refractivity contribution is 7.18. The number of aliphatic hydroxyl groups is 1. The molecule has 1 aromatic heterocycles. The summed E-state index contributed by atoms with van der Waals surface area (Å²) in [6.45, 7) is -0.580. The van der Waals surface area contributed by atoms with E-state index in [0.29, 0.717) is 9.88 Å². The minimum absolute atomic E-state index is 0.369. The first-order valence-corrected chi connectivity index (χ1v) is 4.25. The molecule has 1 heterocycles. The summed E-state index contributed by atoms with van der Waals surface area (Å²) >= 11 is 1.07. The third-order valence-electron chi connectivity index (χ3n) is 1.26. The van der Waals surface area contributed by atoms with Crippen LogP contribution < -0.4 is 11.1 Å². The molecule has 0 atom stereocenters. The van der Waals surface area contributed by atoms with E-state index in [1.807, 2.05) is 0 Å². The number of primary amides is 1. The summed E-state index contributed by atoms with van der Waals surface area (Å²) in [5.41, 5.74) is 5.00. The molecule has 13 heavy (non-hydrogen) atoms.